The summed E-state index contributed by atoms with van der Waals surface area (Å²) in [6.07, 6.45) is 5.58. The van der Waals surface area contributed by atoms with E-state index in [1.807, 2.05) is 0 Å². The van der Waals surface area contributed by atoms with Crippen LogP contribution in [0.25, 0.3) is 0 Å². The number of ether oxygens (including phenoxy) is 1. The maximum atomic E-state index is 5.66. The van der Waals surface area contributed by atoms with Crippen LogP contribution >= 0.6 is 0 Å². The second kappa shape index (κ2) is 8.90. The first kappa shape index (κ1) is 14.9. The molecule has 0 saturated carbocycles. The van der Waals surface area contributed by atoms with Gasteiger partial charge in [0.25, 0.3) is 0 Å². The fraction of sp³-hybridized carbons (Fsp3) is 1.00. The molecule has 0 radical (unpaired) electrons. The maximum absolute atomic E-state index is 5.66. The van der Waals surface area contributed by atoms with Gasteiger partial charge in [0, 0.05) is 25.7 Å². The molecule has 0 aromatic rings. The first-order chi connectivity index (χ1) is 8.22. The van der Waals surface area contributed by atoms with Crippen molar-refractivity contribution in [1.82, 2.24) is 10.2 Å². The van der Waals surface area contributed by atoms with Crippen molar-refractivity contribution in [3.8, 4) is 0 Å². The minimum absolute atomic E-state index is 0.527. The molecule has 1 saturated heterocycles. The number of hydrogen-bond acceptors (Lipinski definition) is 3. The molecule has 0 amide bonds. The zero-order valence-corrected chi connectivity index (χ0v) is 11.9. The summed E-state index contributed by atoms with van der Waals surface area (Å²) in [6.45, 7) is 12.2. The van der Waals surface area contributed by atoms with Gasteiger partial charge in [0.1, 0.15) is 0 Å². The summed E-state index contributed by atoms with van der Waals surface area (Å²) in [5.74, 6) is 0. The second-order valence-electron chi connectivity index (χ2n) is 5.31. The average molecular weight is 242 g/mol. The Bertz CT molecular complexity index is 177. The smallest absolute Gasteiger partial charge is 0.0599 e. The lowest BCUT2D eigenvalue weighted by Gasteiger charge is -2.31. The summed E-state index contributed by atoms with van der Waals surface area (Å²) in [7, 11) is 0. The Morgan fingerprint density at radius 2 is 1.94 bits per heavy atom. The Hall–Kier alpha value is -0.120. The lowest BCUT2D eigenvalue weighted by Crippen LogP contribution is -2.37. The van der Waals surface area contributed by atoms with Crippen LogP contribution in [0.2, 0.25) is 0 Å². The molecule has 0 aliphatic carbocycles. The second-order valence-corrected chi connectivity index (χ2v) is 5.31. The van der Waals surface area contributed by atoms with Gasteiger partial charge in [0.15, 0.2) is 0 Å². The van der Waals surface area contributed by atoms with E-state index in [0.29, 0.717) is 12.1 Å². The third-order valence-corrected chi connectivity index (χ3v) is 3.39. The van der Waals surface area contributed by atoms with Crippen LogP contribution < -0.4 is 5.32 Å². The van der Waals surface area contributed by atoms with Gasteiger partial charge in [-0.15, -0.1) is 0 Å². The first-order valence-electron chi connectivity index (χ1n) is 7.29. The number of nitrogens with one attached hydrogen (secondary N) is 1. The molecule has 0 bridgehead atoms. The lowest BCUT2D eigenvalue weighted by atomic mass is 10.1. The van der Waals surface area contributed by atoms with Gasteiger partial charge >= 0.3 is 0 Å². The van der Waals surface area contributed by atoms with E-state index in [-0.39, 0.29) is 0 Å². The van der Waals surface area contributed by atoms with E-state index in [1.54, 1.807) is 0 Å². The molecule has 102 valence electrons. The van der Waals surface area contributed by atoms with Crippen molar-refractivity contribution >= 4 is 0 Å². The van der Waals surface area contributed by atoms with Gasteiger partial charge in [-0.25, -0.2) is 0 Å². The topological polar surface area (TPSA) is 24.5 Å². The number of unbranched alkanes of at least 4 members (excludes halogenated alkanes) is 1. The van der Waals surface area contributed by atoms with Crippen LogP contribution in [-0.2, 0) is 4.74 Å². The van der Waals surface area contributed by atoms with Gasteiger partial charge in [0.05, 0.1) is 6.10 Å². The van der Waals surface area contributed by atoms with Crippen LogP contribution in [-0.4, -0.2) is 49.8 Å². The number of piperidine rings is 1. The third-order valence-electron chi connectivity index (χ3n) is 3.39. The quantitative estimate of drug-likeness (QED) is 0.661. The third kappa shape index (κ3) is 7.02. The van der Waals surface area contributed by atoms with Crippen LogP contribution in [0, 0.1) is 0 Å². The van der Waals surface area contributed by atoms with E-state index in [9.17, 15) is 0 Å². The van der Waals surface area contributed by atoms with Gasteiger partial charge in [-0.3, -0.25) is 0 Å². The van der Waals surface area contributed by atoms with E-state index in [2.05, 4.69) is 31.0 Å². The van der Waals surface area contributed by atoms with Crippen LogP contribution in [0.15, 0.2) is 0 Å². The number of nitrogens with zero attached hydrogens (tertiary/aromatic N) is 1. The van der Waals surface area contributed by atoms with Gasteiger partial charge < -0.3 is 15.0 Å². The fourth-order valence-electron chi connectivity index (χ4n) is 2.39. The predicted molar refractivity (Wildman–Crippen MR) is 73.5 cm³/mol. The highest BCUT2D eigenvalue weighted by atomic mass is 16.5. The number of likely N-dealkylation sites (tertiary alicyclic amines) is 1. The fourth-order valence-corrected chi connectivity index (χ4v) is 2.39. The first-order valence-corrected chi connectivity index (χ1v) is 7.29. The van der Waals surface area contributed by atoms with E-state index in [4.69, 9.17) is 4.74 Å². The van der Waals surface area contributed by atoms with Crippen LogP contribution in [0.3, 0.4) is 0 Å². The van der Waals surface area contributed by atoms with E-state index in [1.165, 1.54) is 45.3 Å². The van der Waals surface area contributed by atoms with Crippen molar-refractivity contribution in [1.29, 1.82) is 0 Å². The highest BCUT2D eigenvalue weighted by Crippen LogP contribution is 2.13. The Morgan fingerprint density at radius 1 is 1.24 bits per heavy atom. The molecule has 3 heteroatoms. The van der Waals surface area contributed by atoms with Gasteiger partial charge in [-0.05, 0) is 45.7 Å². The molecule has 1 fully saturated rings. The summed E-state index contributed by atoms with van der Waals surface area (Å²) in [5, 5.41) is 3.47. The molecule has 3 nitrogen and oxygen atoms in total. The molecule has 0 spiro atoms. The van der Waals surface area contributed by atoms with Crippen molar-refractivity contribution in [2.45, 2.75) is 58.6 Å². The van der Waals surface area contributed by atoms with Crippen molar-refractivity contribution in [3.05, 3.63) is 0 Å². The van der Waals surface area contributed by atoms with Crippen LogP contribution in [0.4, 0.5) is 0 Å². The zero-order chi connectivity index (χ0) is 12.5. The van der Waals surface area contributed by atoms with Crippen molar-refractivity contribution in [2.24, 2.45) is 0 Å². The van der Waals surface area contributed by atoms with E-state index < -0.39 is 0 Å². The lowest BCUT2D eigenvalue weighted by molar-refractivity contribution is 0.0140. The zero-order valence-electron chi connectivity index (χ0n) is 11.9. The molecule has 1 aliphatic heterocycles. The molecule has 0 atom stereocenters. The Kier molecular flexibility index (Phi) is 7.82. The minimum Gasteiger partial charge on any atom is -0.378 e. The van der Waals surface area contributed by atoms with Gasteiger partial charge in [-0.2, -0.15) is 0 Å². The SMILES string of the molecule is CCOC1CCN(CCCCNC(C)C)CC1. The van der Waals surface area contributed by atoms with Crippen LogP contribution in [0.5, 0.6) is 0 Å². The summed E-state index contributed by atoms with van der Waals surface area (Å²) in [5.41, 5.74) is 0. The molecule has 17 heavy (non-hydrogen) atoms. The maximum Gasteiger partial charge on any atom is 0.0599 e. The number of hydrogen-bond donors (Lipinski definition) is 1. The molecular formula is C14H30N2O. The monoisotopic (exact) mass is 242 g/mol. The highest BCUT2D eigenvalue weighted by Gasteiger charge is 2.18. The molecule has 1 N–H and O–H groups in total. The normalized spacial score (nSPS) is 19.1. The summed E-state index contributed by atoms with van der Waals surface area (Å²) < 4.78 is 5.66. The Labute approximate surface area is 107 Å². The molecule has 1 heterocycles. The average Bonchev–Trinajstić information content (AvgIpc) is 2.31. The minimum atomic E-state index is 0.527. The summed E-state index contributed by atoms with van der Waals surface area (Å²) >= 11 is 0. The molecular weight excluding hydrogens is 212 g/mol. The number of rotatable bonds is 8. The molecule has 1 rings (SSSR count). The molecule has 0 unspecified atom stereocenters. The molecule has 0 aromatic heterocycles. The molecule has 1 aliphatic rings. The largest absolute Gasteiger partial charge is 0.378 e. The standard InChI is InChI=1S/C14H30N2O/c1-4-17-14-7-11-16(12-8-14)10-6-5-9-15-13(2)3/h13-15H,4-12H2,1-3H3. The highest BCUT2D eigenvalue weighted by molar-refractivity contribution is 4.72. The summed E-state index contributed by atoms with van der Waals surface area (Å²) in [6, 6.07) is 0.622. The van der Waals surface area contributed by atoms with Crippen molar-refractivity contribution in [2.75, 3.05) is 32.8 Å². The van der Waals surface area contributed by atoms with E-state index >= 15 is 0 Å². The molecule has 0 aromatic carbocycles. The summed E-state index contributed by atoms with van der Waals surface area (Å²) in [4.78, 5) is 2.59. The predicted octanol–water partition coefficient (Wildman–Crippen LogP) is 2.27. The Morgan fingerprint density at radius 3 is 2.53 bits per heavy atom. The van der Waals surface area contributed by atoms with Crippen molar-refractivity contribution in [3.63, 3.8) is 0 Å². The van der Waals surface area contributed by atoms with Crippen LogP contribution in [0.1, 0.15) is 46.5 Å². The van der Waals surface area contributed by atoms with Gasteiger partial charge in [-0.1, -0.05) is 13.8 Å². The van der Waals surface area contributed by atoms with Gasteiger partial charge in [0.2, 0.25) is 0 Å². The van der Waals surface area contributed by atoms with E-state index in [0.717, 1.165) is 13.2 Å². The van der Waals surface area contributed by atoms with Crippen molar-refractivity contribution < 1.29 is 4.74 Å². The Balaban J connectivity index is 1.95.